The highest BCUT2D eigenvalue weighted by Gasteiger charge is 2.33. The molecule has 2 amide bonds. The van der Waals surface area contributed by atoms with Gasteiger partial charge in [-0.1, -0.05) is 44.2 Å². The summed E-state index contributed by atoms with van der Waals surface area (Å²) in [6.45, 7) is 10.1. The van der Waals surface area contributed by atoms with Crippen LogP contribution in [0.4, 0.5) is 4.79 Å². The van der Waals surface area contributed by atoms with E-state index in [2.05, 4.69) is 53.8 Å². The van der Waals surface area contributed by atoms with Crippen molar-refractivity contribution in [2.45, 2.75) is 77.2 Å². The third-order valence-electron chi connectivity index (χ3n) is 6.83. The fourth-order valence-corrected chi connectivity index (χ4v) is 4.45. The number of rotatable bonds is 9. The summed E-state index contributed by atoms with van der Waals surface area (Å²) in [4.78, 5) is 27.9. The molecule has 1 aromatic heterocycles. The molecular formula is C31H38N4O5. The number of nitrogens with one attached hydrogen (secondary N) is 2. The molecule has 0 saturated heterocycles. The van der Waals surface area contributed by atoms with Crippen molar-refractivity contribution in [3.63, 3.8) is 0 Å². The summed E-state index contributed by atoms with van der Waals surface area (Å²) in [7, 11) is 0. The molecule has 3 aromatic rings. The van der Waals surface area contributed by atoms with Crippen LogP contribution >= 0.6 is 0 Å². The number of hydrazine groups is 1. The second kappa shape index (κ2) is 12.0. The second-order valence-electron chi connectivity index (χ2n) is 11.5. The topological polar surface area (TPSA) is 125 Å². The average Bonchev–Trinajstić information content (AvgIpc) is 2.90. The molecule has 1 aliphatic carbocycles. The summed E-state index contributed by atoms with van der Waals surface area (Å²) in [6.07, 6.45) is 1.20. The molecule has 0 spiro atoms. The van der Waals surface area contributed by atoms with Crippen LogP contribution in [0.15, 0.2) is 66.7 Å². The molecule has 0 bridgehead atoms. The van der Waals surface area contributed by atoms with Crippen LogP contribution in [0.5, 0.6) is 11.5 Å². The predicted octanol–water partition coefficient (Wildman–Crippen LogP) is 5.02. The highest BCUT2D eigenvalue weighted by molar-refractivity contribution is 5.91. The molecule has 1 fully saturated rings. The number of nitrogens with zero attached hydrogens (tertiary/aromatic N) is 1. The Hall–Kier alpha value is -4.11. The van der Waals surface area contributed by atoms with E-state index >= 15 is 0 Å². The third kappa shape index (κ3) is 7.51. The summed E-state index contributed by atoms with van der Waals surface area (Å²) in [6, 6.07) is 21.3. The first-order valence-electron chi connectivity index (χ1n) is 13.4. The molecule has 1 aliphatic rings. The van der Waals surface area contributed by atoms with Crippen LogP contribution in [0.1, 0.15) is 74.8 Å². The Morgan fingerprint density at radius 2 is 1.50 bits per heavy atom. The van der Waals surface area contributed by atoms with Crippen LogP contribution in [-0.2, 0) is 16.8 Å². The number of ether oxygens (including phenoxy) is 3. The highest BCUT2D eigenvalue weighted by Crippen LogP contribution is 2.34. The van der Waals surface area contributed by atoms with Crippen LogP contribution < -0.4 is 26.1 Å². The molecule has 9 heteroatoms. The molecule has 0 unspecified atom stereocenters. The molecule has 40 heavy (non-hydrogen) atoms. The van der Waals surface area contributed by atoms with E-state index in [0.29, 0.717) is 11.4 Å². The lowest BCUT2D eigenvalue weighted by atomic mass is 9.78. The molecule has 1 heterocycles. The minimum atomic E-state index is -0.508. The van der Waals surface area contributed by atoms with Gasteiger partial charge in [0.05, 0.1) is 5.69 Å². The number of hydrogen-bond donors (Lipinski definition) is 3. The van der Waals surface area contributed by atoms with Gasteiger partial charge in [0.1, 0.15) is 35.5 Å². The number of aromatic nitrogens is 1. The van der Waals surface area contributed by atoms with Gasteiger partial charge in [-0.2, -0.15) is 0 Å². The number of carbonyl (C=O) groups excluding carboxylic acids is 2. The van der Waals surface area contributed by atoms with Gasteiger partial charge in [0.2, 0.25) is 0 Å². The van der Waals surface area contributed by atoms with Gasteiger partial charge in [0.25, 0.3) is 5.91 Å². The van der Waals surface area contributed by atoms with Crippen LogP contribution in [0.25, 0.3) is 0 Å². The van der Waals surface area contributed by atoms with Crippen molar-refractivity contribution in [2.75, 3.05) is 0 Å². The van der Waals surface area contributed by atoms with E-state index in [4.69, 9.17) is 20.1 Å². The number of pyridine rings is 1. The zero-order valence-corrected chi connectivity index (χ0v) is 23.7. The second-order valence-corrected chi connectivity index (χ2v) is 11.5. The first-order valence-corrected chi connectivity index (χ1v) is 13.4. The molecule has 2 aromatic carbocycles. The van der Waals surface area contributed by atoms with E-state index < -0.39 is 11.5 Å². The van der Waals surface area contributed by atoms with Crippen molar-refractivity contribution in [3.05, 3.63) is 89.2 Å². The standard InChI is InChI=1S/C31H38N4O5/c1-30(2,3)40-29(37)34-23-17-26(18-23)39-25-15-11-21(12-16-25)31(4,5)20-9-13-24(14-10-20)38-19-22-7-6-8-27(33-22)28(36)35-32/h6-16,23,26H,17-19,32H2,1-5H3,(H,34,37)(H,35,36). The SMILES string of the molecule is CC(C)(C)OC(=O)NC1CC(Oc2ccc(C(C)(C)c3ccc(OCc4cccc(C(=O)NN)n4)cc3)cc2)C1. The normalized spacial score (nSPS) is 16.9. The zero-order valence-electron chi connectivity index (χ0n) is 23.7. The molecule has 4 rings (SSSR count). The van der Waals surface area contributed by atoms with Crippen molar-refractivity contribution in [1.82, 2.24) is 15.7 Å². The molecular weight excluding hydrogens is 508 g/mol. The van der Waals surface area contributed by atoms with Gasteiger partial charge < -0.3 is 19.5 Å². The molecule has 4 N–H and O–H groups in total. The lowest BCUT2D eigenvalue weighted by Gasteiger charge is -2.36. The Morgan fingerprint density at radius 1 is 0.900 bits per heavy atom. The van der Waals surface area contributed by atoms with Gasteiger partial charge >= 0.3 is 6.09 Å². The lowest BCUT2D eigenvalue weighted by molar-refractivity contribution is 0.0362. The summed E-state index contributed by atoms with van der Waals surface area (Å²) >= 11 is 0. The summed E-state index contributed by atoms with van der Waals surface area (Å²) in [5, 5.41) is 2.89. The van der Waals surface area contributed by atoms with E-state index in [0.717, 1.165) is 29.7 Å². The molecule has 0 atom stereocenters. The average molecular weight is 547 g/mol. The maximum absolute atomic E-state index is 11.9. The first-order chi connectivity index (χ1) is 18.9. The van der Waals surface area contributed by atoms with Gasteiger partial charge in [0.15, 0.2) is 0 Å². The third-order valence-corrected chi connectivity index (χ3v) is 6.83. The van der Waals surface area contributed by atoms with Crippen molar-refractivity contribution >= 4 is 12.0 Å². The van der Waals surface area contributed by atoms with Crippen LogP contribution in [0, 0.1) is 0 Å². The highest BCUT2D eigenvalue weighted by atomic mass is 16.6. The Morgan fingerprint density at radius 3 is 2.08 bits per heavy atom. The first kappa shape index (κ1) is 28.9. The number of nitrogen functional groups attached to an aromatic ring is 1. The van der Waals surface area contributed by atoms with Gasteiger partial charge in [-0.3, -0.25) is 10.2 Å². The maximum Gasteiger partial charge on any atom is 0.407 e. The summed E-state index contributed by atoms with van der Waals surface area (Å²) in [5.41, 5.74) is 4.51. The number of amides is 2. The van der Waals surface area contributed by atoms with Crippen molar-refractivity contribution < 1.29 is 23.8 Å². The summed E-state index contributed by atoms with van der Waals surface area (Å²) in [5.74, 6) is 6.26. The van der Waals surface area contributed by atoms with Crippen molar-refractivity contribution in [3.8, 4) is 11.5 Å². The number of hydrogen-bond acceptors (Lipinski definition) is 7. The van der Waals surface area contributed by atoms with Gasteiger partial charge in [-0.15, -0.1) is 0 Å². The Bertz CT molecular complexity index is 1310. The Labute approximate surface area is 235 Å². The van der Waals surface area contributed by atoms with Crippen LogP contribution in [0.2, 0.25) is 0 Å². The number of benzene rings is 2. The van der Waals surface area contributed by atoms with Gasteiger partial charge in [-0.05, 0) is 68.3 Å². The van der Waals surface area contributed by atoms with E-state index in [1.54, 1.807) is 18.2 Å². The van der Waals surface area contributed by atoms with E-state index in [1.165, 1.54) is 0 Å². The largest absolute Gasteiger partial charge is 0.490 e. The quantitative estimate of drug-likeness (QED) is 0.195. The molecule has 0 aliphatic heterocycles. The number of nitrogens with two attached hydrogens (primary N) is 1. The Balaban J connectivity index is 1.28. The van der Waals surface area contributed by atoms with Crippen LogP contribution in [0.3, 0.4) is 0 Å². The van der Waals surface area contributed by atoms with Crippen molar-refractivity contribution in [2.24, 2.45) is 5.84 Å². The zero-order chi connectivity index (χ0) is 28.9. The van der Waals surface area contributed by atoms with Gasteiger partial charge in [0, 0.05) is 24.3 Å². The minimum Gasteiger partial charge on any atom is -0.490 e. The fourth-order valence-electron chi connectivity index (χ4n) is 4.45. The minimum absolute atomic E-state index is 0.0711. The monoisotopic (exact) mass is 546 g/mol. The number of alkyl carbamates (subject to hydrolysis) is 1. The molecule has 0 radical (unpaired) electrons. The maximum atomic E-state index is 11.9. The van der Waals surface area contributed by atoms with E-state index in [-0.39, 0.29) is 36.0 Å². The molecule has 212 valence electrons. The predicted molar refractivity (Wildman–Crippen MR) is 152 cm³/mol. The number of carbonyl (C=O) groups is 2. The Kier molecular flexibility index (Phi) is 8.64. The molecule has 1 saturated carbocycles. The van der Waals surface area contributed by atoms with Crippen molar-refractivity contribution in [1.29, 1.82) is 0 Å². The summed E-state index contributed by atoms with van der Waals surface area (Å²) < 4.78 is 17.3. The van der Waals surface area contributed by atoms with E-state index in [1.807, 2.05) is 45.0 Å². The fraction of sp³-hybridized carbons (Fsp3) is 0.387. The van der Waals surface area contributed by atoms with E-state index in [9.17, 15) is 9.59 Å². The van der Waals surface area contributed by atoms with Crippen LogP contribution in [-0.4, -0.2) is 34.7 Å². The lowest BCUT2D eigenvalue weighted by Crippen LogP contribution is -2.50. The molecule has 9 nitrogen and oxygen atoms in total. The van der Waals surface area contributed by atoms with Gasteiger partial charge in [-0.25, -0.2) is 15.6 Å². The smallest absolute Gasteiger partial charge is 0.407 e.